The summed E-state index contributed by atoms with van der Waals surface area (Å²) in [5.41, 5.74) is 0.356. The third-order valence-corrected chi connectivity index (χ3v) is 3.28. The van der Waals surface area contributed by atoms with Crippen LogP contribution in [0, 0.1) is 0 Å². The predicted octanol–water partition coefficient (Wildman–Crippen LogP) is 0.654. The van der Waals surface area contributed by atoms with Crippen LogP contribution in [0.3, 0.4) is 0 Å². The van der Waals surface area contributed by atoms with E-state index < -0.39 is 5.79 Å². The SMILES string of the molecule is O=C(c1ccon1)N1CCC2(CC1)OCCO2. The molecule has 2 aliphatic rings. The highest BCUT2D eigenvalue weighted by Crippen LogP contribution is 2.31. The fraction of sp³-hybridized carbons (Fsp3) is 0.636. The van der Waals surface area contributed by atoms with E-state index in [4.69, 9.17) is 9.47 Å². The lowest BCUT2D eigenvalue weighted by Crippen LogP contribution is -2.47. The van der Waals surface area contributed by atoms with Gasteiger partial charge in [-0.1, -0.05) is 5.16 Å². The molecule has 1 spiro atoms. The molecular weight excluding hydrogens is 224 g/mol. The van der Waals surface area contributed by atoms with Crippen molar-refractivity contribution in [2.45, 2.75) is 18.6 Å². The summed E-state index contributed by atoms with van der Waals surface area (Å²) in [5, 5.41) is 3.65. The molecule has 1 aromatic heterocycles. The average molecular weight is 238 g/mol. The molecule has 0 radical (unpaired) electrons. The van der Waals surface area contributed by atoms with Crippen LogP contribution in [0.1, 0.15) is 23.3 Å². The molecule has 2 saturated heterocycles. The van der Waals surface area contributed by atoms with E-state index in [-0.39, 0.29) is 5.91 Å². The van der Waals surface area contributed by atoms with Crippen molar-refractivity contribution in [3.63, 3.8) is 0 Å². The van der Waals surface area contributed by atoms with Crippen LogP contribution < -0.4 is 0 Å². The molecule has 0 aliphatic carbocycles. The summed E-state index contributed by atoms with van der Waals surface area (Å²) in [5.74, 6) is -0.535. The van der Waals surface area contributed by atoms with E-state index in [0.717, 1.165) is 12.8 Å². The predicted molar refractivity (Wildman–Crippen MR) is 56.3 cm³/mol. The largest absolute Gasteiger partial charge is 0.364 e. The lowest BCUT2D eigenvalue weighted by atomic mass is 10.0. The molecule has 3 heterocycles. The van der Waals surface area contributed by atoms with Crippen LogP contribution in [0.15, 0.2) is 16.9 Å². The van der Waals surface area contributed by atoms with Gasteiger partial charge >= 0.3 is 0 Å². The van der Waals surface area contributed by atoms with Gasteiger partial charge in [0.2, 0.25) is 0 Å². The number of hydrogen-bond acceptors (Lipinski definition) is 5. The van der Waals surface area contributed by atoms with Crippen LogP contribution in [0.4, 0.5) is 0 Å². The van der Waals surface area contributed by atoms with Crippen molar-refractivity contribution >= 4 is 5.91 Å². The van der Waals surface area contributed by atoms with E-state index in [1.807, 2.05) is 0 Å². The Morgan fingerprint density at radius 1 is 1.29 bits per heavy atom. The van der Waals surface area contributed by atoms with Crippen LogP contribution >= 0.6 is 0 Å². The zero-order chi connectivity index (χ0) is 11.7. The Balaban J connectivity index is 1.63. The van der Waals surface area contributed by atoms with E-state index in [0.29, 0.717) is 32.0 Å². The van der Waals surface area contributed by atoms with Gasteiger partial charge in [-0.3, -0.25) is 4.79 Å². The number of amides is 1. The minimum atomic E-state index is -0.444. The van der Waals surface area contributed by atoms with Crippen molar-refractivity contribution in [3.8, 4) is 0 Å². The zero-order valence-corrected chi connectivity index (χ0v) is 9.42. The van der Waals surface area contributed by atoms with Crippen LogP contribution in [-0.4, -0.2) is 48.1 Å². The number of nitrogens with zero attached hydrogens (tertiary/aromatic N) is 2. The Hall–Kier alpha value is -1.40. The number of carbonyl (C=O) groups is 1. The highest BCUT2D eigenvalue weighted by Gasteiger charge is 2.41. The topological polar surface area (TPSA) is 64.8 Å². The standard InChI is InChI=1S/C11H14N2O4/c14-10(9-1-6-17-12-9)13-4-2-11(3-5-13)15-7-8-16-11/h1,6H,2-5,7-8H2. The number of piperidine rings is 1. The van der Waals surface area contributed by atoms with E-state index in [2.05, 4.69) is 9.68 Å². The monoisotopic (exact) mass is 238 g/mol. The number of ether oxygens (including phenoxy) is 2. The molecule has 0 unspecified atom stereocenters. The first-order valence-corrected chi connectivity index (χ1v) is 5.77. The number of rotatable bonds is 1. The molecule has 0 aromatic carbocycles. The normalized spacial score (nSPS) is 23.2. The third kappa shape index (κ3) is 1.94. The van der Waals surface area contributed by atoms with Crippen molar-refractivity contribution in [3.05, 3.63) is 18.0 Å². The van der Waals surface area contributed by atoms with Crippen LogP contribution in [0.25, 0.3) is 0 Å². The van der Waals surface area contributed by atoms with Gasteiger partial charge < -0.3 is 18.9 Å². The highest BCUT2D eigenvalue weighted by atomic mass is 16.7. The van der Waals surface area contributed by atoms with Crippen LogP contribution in [-0.2, 0) is 9.47 Å². The molecule has 2 aliphatic heterocycles. The maximum Gasteiger partial charge on any atom is 0.276 e. The molecule has 6 nitrogen and oxygen atoms in total. The molecular formula is C11H14N2O4. The number of aromatic nitrogens is 1. The molecule has 0 bridgehead atoms. The number of likely N-dealkylation sites (tertiary alicyclic amines) is 1. The second kappa shape index (κ2) is 4.12. The third-order valence-electron chi connectivity index (χ3n) is 3.28. The lowest BCUT2D eigenvalue weighted by Gasteiger charge is -2.37. The molecule has 2 fully saturated rings. The maximum atomic E-state index is 12.0. The molecule has 17 heavy (non-hydrogen) atoms. The Labute approximate surface area is 98.5 Å². The molecule has 1 aromatic rings. The maximum absolute atomic E-state index is 12.0. The summed E-state index contributed by atoms with van der Waals surface area (Å²) in [6.45, 7) is 2.56. The highest BCUT2D eigenvalue weighted by molar-refractivity contribution is 5.92. The summed E-state index contributed by atoms with van der Waals surface area (Å²) in [4.78, 5) is 13.7. The number of hydrogen-bond donors (Lipinski definition) is 0. The minimum absolute atomic E-state index is 0.0911. The lowest BCUT2D eigenvalue weighted by molar-refractivity contribution is -0.181. The van der Waals surface area contributed by atoms with Gasteiger partial charge in [-0.15, -0.1) is 0 Å². The fourth-order valence-corrected chi connectivity index (χ4v) is 2.32. The van der Waals surface area contributed by atoms with Gasteiger partial charge in [0.05, 0.1) is 13.2 Å². The second-order valence-corrected chi connectivity index (χ2v) is 4.28. The Kier molecular flexibility index (Phi) is 2.60. The van der Waals surface area contributed by atoms with Gasteiger partial charge in [0.15, 0.2) is 11.5 Å². The summed E-state index contributed by atoms with van der Waals surface area (Å²) in [6, 6.07) is 1.58. The van der Waals surface area contributed by atoms with Crippen molar-refractivity contribution in [1.82, 2.24) is 10.1 Å². The van der Waals surface area contributed by atoms with Crippen LogP contribution in [0.2, 0.25) is 0 Å². The van der Waals surface area contributed by atoms with Gasteiger partial charge in [0.1, 0.15) is 6.26 Å². The Bertz CT molecular complexity index is 388. The average Bonchev–Trinajstić information content (AvgIpc) is 3.01. The van der Waals surface area contributed by atoms with Gasteiger partial charge in [-0.2, -0.15) is 0 Å². The molecule has 6 heteroatoms. The van der Waals surface area contributed by atoms with Crippen molar-refractivity contribution in [1.29, 1.82) is 0 Å². The second-order valence-electron chi connectivity index (χ2n) is 4.28. The van der Waals surface area contributed by atoms with Gasteiger partial charge in [0, 0.05) is 32.0 Å². The quantitative estimate of drug-likeness (QED) is 0.719. The molecule has 0 N–H and O–H groups in total. The fourth-order valence-electron chi connectivity index (χ4n) is 2.32. The minimum Gasteiger partial charge on any atom is -0.364 e. The molecule has 0 atom stereocenters. The van der Waals surface area contributed by atoms with Gasteiger partial charge in [-0.05, 0) is 0 Å². The summed E-state index contributed by atoms with van der Waals surface area (Å²) in [6.07, 6.45) is 2.84. The van der Waals surface area contributed by atoms with Crippen molar-refractivity contribution < 1.29 is 18.8 Å². The first-order chi connectivity index (χ1) is 8.29. The first kappa shape index (κ1) is 10.7. The van der Waals surface area contributed by atoms with Crippen molar-refractivity contribution in [2.75, 3.05) is 26.3 Å². The van der Waals surface area contributed by atoms with E-state index in [9.17, 15) is 4.79 Å². The van der Waals surface area contributed by atoms with Gasteiger partial charge in [0.25, 0.3) is 5.91 Å². The molecule has 1 amide bonds. The molecule has 3 rings (SSSR count). The first-order valence-electron chi connectivity index (χ1n) is 5.77. The van der Waals surface area contributed by atoms with E-state index in [1.165, 1.54) is 6.26 Å². The van der Waals surface area contributed by atoms with Crippen molar-refractivity contribution in [2.24, 2.45) is 0 Å². The van der Waals surface area contributed by atoms with Crippen LogP contribution in [0.5, 0.6) is 0 Å². The Morgan fingerprint density at radius 2 is 2.00 bits per heavy atom. The molecule has 0 saturated carbocycles. The van der Waals surface area contributed by atoms with E-state index >= 15 is 0 Å². The summed E-state index contributed by atoms with van der Waals surface area (Å²) in [7, 11) is 0. The summed E-state index contributed by atoms with van der Waals surface area (Å²) < 4.78 is 15.9. The van der Waals surface area contributed by atoms with E-state index in [1.54, 1.807) is 11.0 Å². The Morgan fingerprint density at radius 3 is 2.59 bits per heavy atom. The number of carbonyl (C=O) groups excluding carboxylic acids is 1. The smallest absolute Gasteiger partial charge is 0.276 e. The molecule has 92 valence electrons. The van der Waals surface area contributed by atoms with Gasteiger partial charge in [-0.25, -0.2) is 0 Å². The zero-order valence-electron chi connectivity index (χ0n) is 9.42. The summed E-state index contributed by atoms with van der Waals surface area (Å²) >= 11 is 0.